The monoisotopic (exact) mass is 202 g/mol. The van der Waals surface area contributed by atoms with Crippen molar-refractivity contribution in [3.8, 4) is 0 Å². The molecule has 1 aliphatic rings. The maximum Gasteiger partial charge on any atom is 0.145 e. The molecule has 0 aliphatic heterocycles. The molecule has 0 unspecified atom stereocenters. The van der Waals surface area contributed by atoms with Crippen molar-refractivity contribution in [2.45, 2.75) is 12.8 Å². The van der Waals surface area contributed by atoms with Gasteiger partial charge in [0.1, 0.15) is 17.8 Å². The Bertz CT molecular complexity index is 484. The van der Waals surface area contributed by atoms with Crippen LogP contribution in [0.3, 0.4) is 0 Å². The van der Waals surface area contributed by atoms with Crippen molar-refractivity contribution in [1.82, 2.24) is 14.5 Å². The van der Waals surface area contributed by atoms with E-state index in [0.717, 1.165) is 29.3 Å². The maximum atomic E-state index is 4.28. The lowest BCUT2D eigenvalue weighted by Crippen LogP contribution is -2.05. The molecule has 0 spiro atoms. The Labute approximate surface area is 88.3 Å². The summed E-state index contributed by atoms with van der Waals surface area (Å²) in [5.41, 5.74) is 0.989. The summed E-state index contributed by atoms with van der Waals surface area (Å²) in [7, 11) is 2.00. The first-order chi connectivity index (χ1) is 7.34. The Morgan fingerprint density at radius 3 is 3.13 bits per heavy atom. The van der Waals surface area contributed by atoms with Gasteiger partial charge in [-0.05, 0) is 24.8 Å². The number of anilines is 1. The first kappa shape index (κ1) is 8.71. The van der Waals surface area contributed by atoms with Crippen molar-refractivity contribution < 1.29 is 0 Å². The molecule has 2 heterocycles. The number of aryl methyl sites for hydroxylation is 1. The van der Waals surface area contributed by atoms with Gasteiger partial charge in [0.2, 0.25) is 0 Å². The maximum absolute atomic E-state index is 4.28. The van der Waals surface area contributed by atoms with E-state index >= 15 is 0 Å². The van der Waals surface area contributed by atoms with E-state index in [1.54, 1.807) is 6.33 Å². The summed E-state index contributed by atoms with van der Waals surface area (Å²) in [5, 5.41) is 4.51. The lowest BCUT2D eigenvalue weighted by Gasteiger charge is -2.05. The average Bonchev–Trinajstić information content (AvgIpc) is 3.01. The van der Waals surface area contributed by atoms with E-state index in [-0.39, 0.29) is 0 Å². The fraction of sp³-hybridized carbons (Fsp3) is 0.455. The van der Waals surface area contributed by atoms with Gasteiger partial charge in [0.05, 0.1) is 5.39 Å². The van der Waals surface area contributed by atoms with Crippen LogP contribution in [0.4, 0.5) is 5.82 Å². The van der Waals surface area contributed by atoms with Crippen LogP contribution in [0.25, 0.3) is 11.0 Å². The smallest absolute Gasteiger partial charge is 0.145 e. The first-order valence-corrected chi connectivity index (χ1v) is 5.34. The second kappa shape index (κ2) is 3.22. The number of nitrogens with zero attached hydrogens (tertiary/aromatic N) is 3. The Morgan fingerprint density at radius 2 is 2.33 bits per heavy atom. The van der Waals surface area contributed by atoms with Gasteiger partial charge < -0.3 is 9.88 Å². The van der Waals surface area contributed by atoms with Crippen LogP contribution >= 0.6 is 0 Å². The number of hydrogen-bond acceptors (Lipinski definition) is 3. The van der Waals surface area contributed by atoms with Crippen molar-refractivity contribution in [2.24, 2.45) is 13.0 Å². The predicted molar refractivity (Wildman–Crippen MR) is 59.7 cm³/mol. The summed E-state index contributed by atoms with van der Waals surface area (Å²) >= 11 is 0. The van der Waals surface area contributed by atoms with Crippen molar-refractivity contribution in [3.63, 3.8) is 0 Å². The van der Waals surface area contributed by atoms with Crippen LogP contribution in [-0.2, 0) is 7.05 Å². The van der Waals surface area contributed by atoms with Crippen molar-refractivity contribution in [1.29, 1.82) is 0 Å². The normalized spacial score (nSPS) is 15.8. The molecule has 1 saturated carbocycles. The minimum atomic E-state index is 0.860. The standard InChI is InChI=1S/C11H14N4/c1-15-5-4-9-10(12-6-8-2-3-8)13-7-14-11(9)15/h4-5,7-8H,2-3,6H2,1H3,(H,12,13,14). The molecule has 1 aliphatic carbocycles. The highest BCUT2D eigenvalue weighted by Crippen LogP contribution is 2.29. The molecule has 2 aromatic rings. The van der Waals surface area contributed by atoms with E-state index in [1.807, 2.05) is 17.8 Å². The van der Waals surface area contributed by atoms with Crippen LogP contribution < -0.4 is 5.32 Å². The molecule has 1 N–H and O–H groups in total. The second-order valence-electron chi connectivity index (χ2n) is 4.21. The molecule has 15 heavy (non-hydrogen) atoms. The summed E-state index contributed by atoms with van der Waals surface area (Å²) in [6.07, 6.45) is 6.35. The van der Waals surface area contributed by atoms with Gasteiger partial charge in [0, 0.05) is 19.8 Å². The van der Waals surface area contributed by atoms with Crippen LogP contribution in [0.1, 0.15) is 12.8 Å². The van der Waals surface area contributed by atoms with Crippen molar-refractivity contribution in [2.75, 3.05) is 11.9 Å². The highest BCUT2D eigenvalue weighted by molar-refractivity contribution is 5.87. The molecule has 0 amide bonds. The summed E-state index contributed by atoms with van der Waals surface area (Å²) in [6, 6.07) is 2.06. The van der Waals surface area contributed by atoms with Gasteiger partial charge >= 0.3 is 0 Å². The summed E-state index contributed by atoms with van der Waals surface area (Å²) in [6.45, 7) is 1.04. The number of fused-ring (bicyclic) bond motifs is 1. The average molecular weight is 202 g/mol. The van der Waals surface area contributed by atoms with Gasteiger partial charge in [0.25, 0.3) is 0 Å². The summed E-state index contributed by atoms with van der Waals surface area (Å²) in [5.74, 6) is 1.83. The van der Waals surface area contributed by atoms with Gasteiger partial charge in [-0.1, -0.05) is 0 Å². The van der Waals surface area contributed by atoms with Crippen molar-refractivity contribution in [3.05, 3.63) is 18.6 Å². The molecule has 1 fully saturated rings. The van der Waals surface area contributed by atoms with E-state index in [9.17, 15) is 0 Å². The zero-order valence-corrected chi connectivity index (χ0v) is 8.77. The van der Waals surface area contributed by atoms with Crippen LogP contribution in [0.5, 0.6) is 0 Å². The van der Waals surface area contributed by atoms with Gasteiger partial charge in [-0.25, -0.2) is 9.97 Å². The summed E-state index contributed by atoms with van der Waals surface area (Å²) < 4.78 is 2.01. The third-order valence-corrected chi connectivity index (χ3v) is 2.92. The van der Waals surface area contributed by atoms with E-state index in [1.165, 1.54) is 12.8 Å². The van der Waals surface area contributed by atoms with E-state index in [2.05, 4.69) is 21.4 Å². The van der Waals surface area contributed by atoms with Crippen LogP contribution in [0, 0.1) is 5.92 Å². The second-order valence-corrected chi connectivity index (χ2v) is 4.21. The highest BCUT2D eigenvalue weighted by atomic mass is 15.1. The molecule has 2 aromatic heterocycles. The summed E-state index contributed by atoms with van der Waals surface area (Å²) in [4.78, 5) is 8.54. The van der Waals surface area contributed by atoms with E-state index < -0.39 is 0 Å². The first-order valence-electron chi connectivity index (χ1n) is 5.34. The fourth-order valence-corrected chi connectivity index (χ4v) is 1.78. The van der Waals surface area contributed by atoms with E-state index in [4.69, 9.17) is 0 Å². The zero-order chi connectivity index (χ0) is 10.3. The minimum Gasteiger partial charge on any atom is -0.369 e. The molecular weight excluding hydrogens is 188 g/mol. The predicted octanol–water partition coefficient (Wildman–Crippen LogP) is 1.79. The number of hydrogen-bond donors (Lipinski definition) is 1. The Kier molecular flexibility index (Phi) is 1.87. The number of nitrogens with one attached hydrogen (secondary N) is 1. The van der Waals surface area contributed by atoms with Crippen molar-refractivity contribution >= 4 is 16.9 Å². The lowest BCUT2D eigenvalue weighted by atomic mass is 10.3. The Balaban J connectivity index is 1.94. The minimum absolute atomic E-state index is 0.860. The van der Waals surface area contributed by atoms with Crippen LogP contribution in [0.15, 0.2) is 18.6 Å². The van der Waals surface area contributed by atoms with Gasteiger partial charge in [0.15, 0.2) is 0 Å². The van der Waals surface area contributed by atoms with E-state index in [0.29, 0.717) is 0 Å². The molecule has 4 heteroatoms. The highest BCUT2D eigenvalue weighted by Gasteiger charge is 2.21. The third-order valence-electron chi connectivity index (χ3n) is 2.92. The molecule has 4 nitrogen and oxygen atoms in total. The molecule has 0 atom stereocenters. The molecule has 3 rings (SSSR count). The zero-order valence-electron chi connectivity index (χ0n) is 8.77. The quantitative estimate of drug-likeness (QED) is 0.825. The Hall–Kier alpha value is -1.58. The van der Waals surface area contributed by atoms with Crippen LogP contribution in [-0.4, -0.2) is 21.1 Å². The number of rotatable bonds is 3. The molecular formula is C11H14N4. The van der Waals surface area contributed by atoms with Gasteiger partial charge in [-0.15, -0.1) is 0 Å². The third kappa shape index (κ3) is 1.56. The number of aromatic nitrogens is 3. The van der Waals surface area contributed by atoms with Crippen LogP contribution in [0.2, 0.25) is 0 Å². The molecule has 0 bridgehead atoms. The molecule has 0 aromatic carbocycles. The fourth-order valence-electron chi connectivity index (χ4n) is 1.78. The molecule has 0 radical (unpaired) electrons. The van der Waals surface area contributed by atoms with Gasteiger partial charge in [-0.2, -0.15) is 0 Å². The Morgan fingerprint density at radius 1 is 1.47 bits per heavy atom. The largest absolute Gasteiger partial charge is 0.369 e. The molecule has 78 valence electrons. The van der Waals surface area contributed by atoms with Gasteiger partial charge in [-0.3, -0.25) is 0 Å². The SMILES string of the molecule is Cn1ccc2c(NCC3CC3)ncnc21. The lowest BCUT2D eigenvalue weighted by molar-refractivity contribution is 0.882. The molecule has 0 saturated heterocycles. The topological polar surface area (TPSA) is 42.7 Å².